The van der Waals surface area contributed by atoms with Crippen LogP contribution in [0.1, 0.15) is 66.2 Å². The molecule has 0 aromatic carbocycles. The third kappa shape index (κ3) is 5.94. The number of nitrogens with one attached hydrogen (secondary N) is 2. The van der Waals surface area contributed by atoms with Crippen LogP contribution in [-0.2, 0) is 4.79 Å². The summed E-state index contributed by atoms with van der Waals surface area (Å²) >= 11 is 0. The highest BCUT2D eigenvalue weighted by Gasteiger charge is 2.26. The standard InChI is InChI=1S/C16H32N2O/c1-5-14-8-6-7-9-15(14)18-13(4)16(19)17-11-10-12(2)3/h12-15,18H,5-11H2,1-4H3,(H,17,19). The summed E-state index contributed by atoms with van der Waals surface area (Å²) in [6.45, 7) is 9.41. The predicted molar refractivity (Wildman–Crippen MR) is 81.1 cm³/mol. The van der Waals surface area contributed by atoms with Crippen molar-refractivity contribution in [2.45, 2.75) is 78.3 Å². The van der Waals surface area contributed by atoms with Crippen LogP contribution >= 0.6 is 0 Å². The zero-order valence-corrected chi connectivity index (χ0v) is 13.2. The third-order valence-corrected chi connectivity index (χ3v) is 4.31. The Morgan fingerprint density at radius 3 is 2.53 bits per heavy atom. The van der Waals surface area contributed by atoms with Crippen LogP contribution in [0.25, 0.3) is 0 Å². The van der Waals surface area contributed by atoms with Gasteiger partial charge in [0.15, 0.2) is 0 Å². The number of rotatable bonds is 7. The summed E-state index contributed by atoms with van der Waals surface area (Å²) in [5, 5.41) is 6.58. The van der Waals surface area contributed by atoms with Crippen molar-refractivity contribution in [1.29, 1.82) is 0 Å². The van der Waals surface area contributed by atoms with E-state index in [0.717, 1.165) is 18.9 Å². The Hall–Kier alpha value is -0.570. The lowest BCUT2D eigenvalue weighted by Crippen LogP contribution is -2.50. The van der Waals surface area contributed by atoms with E-state index in [-0.39, 0.29) is 11.9 Å². The van der Waals surface area contributed by atoms with Gasteiger partial charge in [-0.2, -0.15) is 0 Å². The van der Waals surface area contributed by atoms with Gasteiger partial charge in [0.2, 0.25) is 5.91 Å². The van der Waals surface area contributed by atoms with Crippen molar-refractivity contribution in [3.05, 3.63) is 0 Å². The number of carbonyl (C=O) groups excluding carboxylic acids is 1. The third-order valence-electron chi connectivity index (χ3n) is 4.31. The normalized spacial score (nSPS) is 25.3. The van der Waals surface area contributed by atoms with E-state index in [0.29, 0.717) is 12.0 Å². The van der Waals surface area contributed by atoms with Crippen LogP contribution in [0.3, 0.4) is 0 Å². The summed E-state index contributed by atoms with van der Waals surface area (Å²) in [7, 11) is 0. The summed E-state index contributed by atoms with van der Waals surface area (Å²) < 4.78 is 0. The Labute approximate surface area is 118 Å². The monoisotopic (exact) mass is 268 g/mol. The van der Waals surface area contributed by atoms with E-state index in [9.17, 15) is 4.79 Å². The summed E-state index contributed by atoms with van der Waals surface area (Å²) in [6, 6.07) is 0.467. The van der Waals surface area contributed by atoms with E-state index in [2.05, 4.69) is 31.4 Å². The first-order valence-corrected chi connectivity index (χ1v) is 8.08. The predicted octanol–water partition coefficient (Wildman–Crippen LogP) is 3.10. The highest BCUT2D eigenvalue weighted by atomic mass is 16.2. The fourth-order valence-electron chi connectivity index (χ4n) is 2.95. The first-order chi connectivity index (χ1) is 9.04. The van der Waals surface area contributed by atoms with E-state index < -0.39 is 0 Å². The van der Waals surface area contributed by atoms with Gasteiger partial charge in [0.05, 0.1) is 6.04 Å². The van der Waals surface area contributed by atoms with Crippen LogP contribution in [0.15, 0.2) is 0 Å². The molecule has 0 bridgehead atoms. The first kappa shape index (κ1) is 16.5. The molecule has 19 heavy (non-hydrogen) atoms. The smallest absolute Gasteiger partial charge is 0.236 e. The van der Waals surface area contributed by atoms with Gasteiger partial charge < -0.3 is 10.6 Å². The lowest BCUT2D eigenvalue weighted by Gasteiger charge is -2.33. The van der Waals surface area contributed by atoms with Crippen LogP contribution in [0.2, 0.25) is 0 Å². The molecular formula is C16H32N2O. The number of hydrogen-bond acceptors (Lipinski definition) is 2. The van der Waals surface area contributed by atoms with Crippen molar-refractivity contribution in [2.75, 3.05) is 6.54 Å². The Morgan fingerprint density at radius 1 is 1.21 bits per heavy atom. The van der Waals surface area contributed by atoms with Gasteiger partial charge in [-0.15, -0.1) is 0 Å². The van der Waals surface area contributed by atoms with Crippen LogP contribution in [0.4, 0.5) is 0 Å². The van der Waals surface area contributed by atoms with Gasteiger partial charge in [-0.25, -0.2) is 0 Å². The first-order valence-electron chi connectivity index (χ1n) is 8.08. The lowest BCUT2D eigenvalue weighted by atomic mass is 9.82. The Balaban J connectivity index is 2.31. The maximum atomic E-state index is 12.0. The zero-order valence-electron chi connectivity index (χ0n) is 13.2. The highest BCUT2D eigenvalue weighted by Crippen LogP contribution is 2.27. The Bertz CT molecular complexity index is 265. The van der Waals surface area contributed by atoms with Crippen LogP contribution in [0.5, 0.6) is 0 Å². The molecule has 0 radical (unpaired) electrons. The second-order valence-electron chi connectivity index (χ2n) is 6.42. The topological polar surface area (TPSA) is 41.1 Å². The largest absolute Gasteiger partial charge is 0.355 e. The van der Waals surface area contributed by atoms with Crippen LogP contribution < -0.4 is 10.6 Å². The number of carbonyl (C=O) groups is 1. The molecule has 3 heteroatoms. The molecule has 2 N–H and O–H groups in total. The molecule has 0 aromatic rings. The fourth-order valence-corrected chi connectivity index (χ4v) is 2.95. The molecule has 3 atom stereocenters. The summed E-state index contributed by atoms with van der Waals surface area (Å²) in [5.74, 6) is 1.55. The van der Waals surface area contributed by atoms with Crippen molar-refractivity contribution < 1.29 is 4.79 Å². The summed E-state index contributed by atoms with van der Waals surface area (Å²) in [5.41, 5.74) is 0. The molecule has 0 heterocycles. The number of amides is 1. The molecule has 0 aromatic heterocycles. The maximum Gasteiger partial charge on any atom is 0.236 e. The summed E-state index contributed by atoms with van der Waals surface area (Å²) in [4.78, 5) is 12.0. The highest BCUT2D eigenvalue weighted by molar-refractivity contribution is 5.81. The van der Waals surface area contributed by atoms with Crippen LogP contribution in [-0.4, -0.2) is 24.5 Å². The lowest BCUT2D eigenvalue weighted by molar-refractivity contribution is -0.123. The molecule has 0 spiro atoms. The van der Waals surface area contributed by atoms with Gasteiger partial charge >= 0.3 is 0 Å². The minimum absolute atomic E-state index is 0.0655. The van der Waals surface area contributed by atoms with Gasteiger partial charge in [-0.3, -0.25) is 4.79 Å². The van der Waals surface area contributed by atoms with Crippen molar-refractivity contribution in [3.63, 3.8) is 0 Å². The number of hydrogen-bond donors (Lipinski definition) is 2. The Morgan fingerprint density at radius 2 is 1.89 bits per heavy atom. The molecule has 1 fully saturated rings. The average molecular weight is 268 g/mol. The quantitative estimate of drug-likeness (QED) is 0.745. The van der Waals surface area contributed by atoms with Crippen LogP contribution in [0, 0.1) is 11.8 Å². The molecule has 112 valence electrons. The molecule has 1 saturated carbocycles. The molecule has 0 saturated heterocycles. The van der Waals surface area contributed by atoms with E-state index in [4.69, 9.17) is 0 Å². The second-order valence-corrected chi connectivity index (χ2v) is 6.42. The van der Waals surface area contributed by atoms with Gasteiger partial charge in [-0.05, 0) is 38.0 Å². The van der Waals surface area contributed by atoms with E-state index >= 15 is 0 Å². The molecule has 1 amide bonds. The average Bonchev–Trinajstić information content (AvgIpc) is 2.38. The van der Waals surface area contributed by atoms with Gasteiger partial charge in [0.1, 0.15) is 0 Å². The SMILES string of the molecule is CCC1CCCCC1NC(C)C(=O)NCCC(C)C. The van der Waals surface area contributed by atoms with Gasteiger partial charge in [0, 0.05) is 12.6 Å². The van der Waals surface area contributed by atoms with Crippen molar-refractivity contribution in [2.24, 2.45) is 11.8 Å². The van der Waals surface area contributed by atoms with E-state index in [1.54, 1.807) is 0 Å². The van der Waals surface area contributed by atoms with Crippen molar-refractivity contribution in [1.82, 2.24) is 10.6 Å². The van der Waals surface area contributed by atoms with E-state index in [1.165, 1.54) is 32.1 Å². The summed E-state index contributed by atoms with van der Waals surface area (Å²) in [6.07, 6.45) is 7.47. The second kappa shape index (κ2) is 8.57. The van der Waals surface area contributed by atoms with Crippen molar-refractivity contribution in [3.8, 4) is 0 Å². The molecule has 0 aliphatic heterocycles. The zero-order chi connectivity index (χ0) is 14.3. The minimum atomic E-state index is -0.0655. The van der Waals surface area contributed by atoms with Gasteiger partial charge in [0.25, 0.3) is 0 Å². The Kier molecular flexibility index (Phi) is 7.44. The molecule has 3 unspecified atom stereocenters. The molecule has 1 aliphatic carbocycles. The van der Waals surface area contributed by atoms with Crippen molar-refractivity contribution >= 4 is 5.91 Å². The van der Waals surface area contributed by atoms with E-state index in [1.807, 2.05) is 6.92 Å². The molecule has 1 aliphatic rings. The maximum absolute atomic E-state index is 12.0. The fraction of sp³-hybridized carbons (Fsp3) is 0.938. The minimum Gasteiger partial charge on any atom is -0.355 e. The molecule has 1 rings (SSSR count). The molecular weight excluding hydrogens is 236 g/mol. The molecule has 3 nitrogen and oxygen atoms in total. The van der Waals surface area contributed by atoms with Gasteiger partial charge in [-0.1, -0.05) is 40.0 Å².